The second-order valence-electron chi connectivity index (χ2n) is 5.58. The first-order valence-electron chi connectivity index (χ1n) is 7.17. The molecule has 0 saturated carbocycles. The standard InChI is InChI=1S/C13H22N4O2/c1-9(4-5-14)13-15-12(16-19-13)11-7-17-6-2-3-10(17)8-18-11/h9-11H,2-8,14H2,1H3. The molecule has 1 aromatic rings. The van der Waals surface area contributed by atoms with Gasteiger partial charge in [-0.3, -0.25) is 4.90 Å². The number of nitrogens with zero attached hydrogens (tertiary/aromatic N) is 3. The molecule has 1 aromatic heterocycles. The predicted molar refractivity (Wildman–Crippen MR) is 69.7 cm³/mol. The van der Waals surface area contributed by atoms with Gasteiger partial charge in [0.15, 0.2) is 0 Å². The van der Waals surface area contributed by atoms with Crippen molar-refractivity contribution in [3.63, 3.8) is 0 Å². The van der Waals surface area contributed by atoms with Crippen LogP contribution < -0.4 is 5.73 Å². The maximum absolute atomic E-state index is 5.88. The highest BCUT2D eigenvalue weighted by atomic mass is 16.5. The molecule has 3 unspecified atom stereocenters. The Kier molecular flexibility index (Phi) is 3.81. The zero-order valence-electron chi connectivity index (χ0n) is 11.4. The van der Waals surface area contributed by atoms with Crippen LogP contribution in [0.25, 0.3) is 0 Å². The zero-order valence-corrected chi connectivity index (χ0v) is 11.4. The summed E-state index contributed by atoms with van der Waals surface area (Å²) < 4.78 is 11.2. The van der Waals surface area contributed by atoms with Crippen LogP contribution in [0.2, 0.25) is 0 Å². The van der Waals surface area contributed by atoms with Crippen molar-refractivity contribution < 1.29 is 9.26 Å². The van der Waals surface area contributed by atoms with Gasteiger partial charge < -0.3 is 15.0 Å². The first-order chi connectivity index (χ1) is 9.28. The van der Waals surface area contributed by atoms with Gasteiger partial charge in [-0.2, -0.15) is 4.98 Å². The smallest absolute Gasteiger partial charge is 0.229 e. The van der Waals surface area contributed by atoms with Gasteiger partial charge in [0.05, 0.1) is 6.61 Å². The second kappa shape index (κ2) is 5.56. The number of hydrogen-bond donors (Lipinski definition) is 1. The summed E-state index contributed by atoms with van der Waals surface area (Å²) in [4.78, 5) is 6.96. The van der Waals surface area contributed by atoms with E-state index in [1.165, 1.54) is 19.4 Å². The lowest BCUT2D eigenvalue weighted by Crippen LogP contribution is -2.42. The molecule has 6 heteroatoms. The maximum atomic E-state index is 5.88. The molecule has 3 atom stereocenters. The van der Waals surface area contributed by atoms with E-state index in [0.29, 0.717) is 24.3 Å². The minimum atomic E-state index is -0.0445. The molecule has 0 aromatic carbocycles. The number of fused-ring (bicyclic) bond motifs is 1. The molecule has 2 N–H and O–H groups in total. The Morgan fingerprint density at radius 1 is 1.53 bits per heavy atom. The van der Waals surface area contributed by atoms with E-state index in [2.05, 4.69) is 22.0 Å². The molecule has 19 heavy (non-hydrogen) atoms. The zero-order chi connectivity index (χ0) is 13.2. The van der Waals surface area contributed by atoms with Crippen LogP contribution in [0.3, 0.4) is 0 Å². The lowest BCUT2D eigenvalue weighted by Gasteiger charge is -2.33. The first kappa shape index (κ1) is 13.0. The van der Waals surface area contributed by atoms with E-state index in [-0.39, 0.29) is 12.0 Å². The molecular formula is C13H22N4O2. The summed E-state index contributed by atoms with van der Waals surface area (Å²) in [5.74, 6) is 1.58. The molecule has 0 aliphatic carbocycles. The summed E-state index contributed by atoms with van der Waals surface area (Å²) in [5.41, 5.74) is 5.55. The van der Waals surface area contributed by atoms with Crippen molar-refractivity contribution in [1.29, 1.82) is 0 Å². The minimum absolute atomic E-state index is 0.0445. The number of nitrogens with two attached hydrogens (primary N) is 1. The monoisotopic (exact) mass is 266 g/mol. The quantitative estimate of drug-likeness (QED) is 0.878. The largest absolute Gasteiger partial charge is 0.367 e. The van der Waals surface area contributed by atoms with Crippen molar-refractivity contribution >= 4 is 0 Å². The molecule has 2 aliphatic rings. The van der Waals surface area contributed by atoms with Crippen LogP contribution in [0.15, 0.2) is 4.52 Å². The Morgan fingerprint density at radius 3 is 3.26 bits per heavy atom. The van der Waals surface area contributed by atoms with Crippen LogP contribution in [0.4, 0.5) is 0 Å². The van der Waals surface area contributed by atoms with Crippen molar-refractivity contribution in [2.45, 2.75) is 44.2 Å². The van der Waals surface area contributed by atoms with E-state index in [1.54, 1.807) is 0 Å². The summed E-state index contributed by atoms with van der Waals surface area (Å²) in [6.45, 7) is 5.53. The van der Waals surface area contributed by atoms with Crippen molar-refractivity contribution in [2.75, 3.05) is 26.2 Å². The fourth-order valence-electron chi connectivity index (χ4n) is 2.93. The van der Waals surface area contributed by atoms with Gasteiger partial charge in [0, 0.05) is 18.5 Å². The molecule has 106 valence electrons. The molecule has 3 rings (SSSR count). The maximum Gasteiger partial charge on any atom is 0.229 e. The van der Waals surface area contributed by atoms with E-state index in [1.807, 2.05) is 0 Å². The normalized spacial score (nSPS) is 29.4. The van der Waals surface area contributed by atoms with Gasteiger partial charge in [-0.25, -0.2) is 0 Å². The average molecular weight is 266 g/mol. The highest BCUT2D eigenvalue weighted by Gasteiger charge is 2.35. The summed E-state index contributed by atoms with van der Waals surface area (Å²) in [7, 11) is 0. The van der Waals surface area contributed by atoms with Gasteiger partial charge in [-0.15, -0.1) is 0 Å². The predicted octanol–water partition coefficient (Wildman–Crippen LogP) is 1.06. The van der Waals surface area contributed by atoms with Gasteiger partial charge >= 0.3 is 0 Å². The first-order valence-corrected chi connectivity index (χ1v) is 7.17. The number of ether oxygens (including phenoxy) is 1. The summed E-state index contributed by atoms with van der Waals surface area (Å²) >= 11 is 0. The fourth-order valence-corrected chi connectivity index (χ4v) is 2.93. The van der Waals surface area contributed by atoms with Crippen molar-refractivity contribution in [3.05, 3.63) is 11.7 Å². The van der Waals surface area contributed by atoms with E-state index < -0.39 is 0 Å². The van der Waals surface area contributed by atoms with E-state index >= 15 is 0 Å². The van der Waals surface area contributed by atoms with E-state index in [0.717, 1.165) is 19.6 Å². The third-order valence-corrected chi connectivity index (χ3v) is 4.16. The number of aromatic nitrogens is 2. The van der Waals surface area contributed by atoms with Gasteiger partial charge in [-0.1, -0.05) is 12.1 Å². The Balaban J connectivity index is 1.66. The second-order valence-corrected chi connectivity index (χ2v) is 5.58. The molecule has 6 nitrogen and oxygen atoms in total. The van der Waals surface area contributed by atoms with E-state index in [9.17, 15) is 0 Å². The Bertz CT molecular complexity index is 423. The lowest BCUT2D eigenvalue weighted by atomic mass is 10.1. The Labute approximate surface area is 113 Å². The van der Waals surface area contributed by atoms with Gasteiger partial charge in [0.25, 0.3) is 0 Å². The SMILES string of the molecule is CC(CCN)c1nc(C2CN3CCCC3CO2)no1. The molecule has 0 radical (unpaired) electrons. The molecule has 0 bridgehead atoms. The van der Waals surface area contributed by atoms with E-state index in [4.69, 9.17) is 15.0 Å². The van der Waals surface area contributed by atoms with Crippen LogP contribution in [0.1, 0.15) is 49.9 Å². The molecule has 0 spiro atoms. The number of rotatable bonds is 4. The molecule has 0 amide bonds. The van der Waals surface area contributed by atoms with Crippen LogP contribution in [-0.4, -0.2) is 47.3 Å². The van der Waals surface area contributed by atoms with Gasteiger partial charge in [0.1, 0.15) is 6.10 Å². The fraction of sp³-hybridized carbons (Fsp3) is 0.846. The van der Waals surface area contributed by atoms with Gasteiger partial charge in [-0.05, 0) is 32.4 Å². The van der Waals surface area contributed by atoms with Crippen LogP contribution in [-0.2, 0) is 4.74 Å². The van der Waals surface area contributed by atoms with Crippen molar-refractivity contribution in [3.8, 4) is 0 Å². The van der Waals surface area contributed by atoms with Crippen molar-refractivity contribution in [1.82, 2.24) is 15.0 Å². The van der Waals surface area contributed by atoms with Crippen LogP contribution in [0.5, 0.6) is 0 Å². The van der Waals surface area contributed by atoms with Crippen LogP contribution in [0, 0.1) is 0 Å². The third kappa shape index (κ3) is 2.66. The third-order valence-electron chi connectivity index (χ3n) is 4.16. The summed E-state index contributed by atoms with van der Waals surface area (Å²) in [5, 5.41) is 4.08. The molecule has 2 fully saturated rings. The van der Waals surface area contributed by atoms with Crippen molar-refractivity contribution in [2.24, 2.45) is 5.73 Å². The summed E-state index contributed by atoms with van der Waals surface area (Å²) in [6, 6.07) is 0.596. The topological polar surface area (TPSA) is 77.4 Å². The van der Waals surface area contributed by atoms with Gasteiger partial charge in [0.2, 0.25) is 11.7 Å². The number of hydrogen-bond acceptors (Lipinski definition) is 6. The molecule has 2 saturated heterocycles. The molecule has 3 heterocycles. The highest BCUT2D eigenvalue weighted by molar-refractivity contribution is 4.99. The molecular weight excluding hydrogens is 244 g/mol. The Morgan fingerprint density at radius 2 is 2.42 bits per heavy atom. The van der Waals surface area contributed by atoms with Crippen LogP contribution >= 0.6 is 0 Å². The summed E-state index contributed by atoms with van der Waals surface area (Å²) in [6.07, 6.45) is 3.34. The highest BCUT2D eigenvalue weighted by Crippen LogP contribution is 2.29. The lowest BCUT2D eigenvalue weighted by molar-refractivity contribution is -0.0548. The average Bonchev–Trinajstić information content (AvgIpc) is 3.07. The Hall–Kier alpha value is -0.980. The number of morpholine rings is 1. The molecule has 2 aliphatic heterocycles. The minimum Gasteiger partial charge on any atom is -0.367 e.